The van der Waals surface area contributed by atoms with E-state index in [0.717, 1.165) is 5.56 Å². The molecule has 1 aromatic carbocycles. The van der Waals surface area contributed by atoms with Crippen LogP contribution in [0.3, 0.4) is 0 Å². The maximum atomic E-state index is 11.3. The quantitative estimate of drug-likeness (QED) is 0.838. The van der Waals surface area contributed by atoms with E-state index in [-0.39, 0.29) is 18.3 Å². The Morgan fingerprint density at radius 3 is 2.67 bits per heavy atom. The van der Waals surface area contributed by atoms with Crippen LogP contribution in [0, 0.1) is 5.92 Å². The second-order valence-corrected chi connectivity index (χ2v) is 4.02. The van der Waals surface area contributed by atoms with Gasteiger partial charge in [-0.25, -0.2) is 0 Å². The Morgan fingerprint density at radius 2 is 2.13 bits per heavy atom. The lowest BCUT2D eigenvalue weighted by Crippen LogP contribution is -2.15. The predicted octanol–water partition coefficient (Wildman–Crippen LogP) is 2.47. The summed E-state index contributed by atoms with van der Waals surface area (Å²) in [4.78, 5) is 11.3. The van der Waals surface area contributed by atoms with E-state index in [4.69, 9.17) is 16.7 Å². The highest BCUT2D eigenvalue weighted by atomic mass is 35.5. The Morgan fingerprint density at radius 1 is 1.47 bits per heavy atom. The van der Waals surface area contributed by atoms with Crippen LogP contribution in [0.5, 0.6) is 0 Å². The molecule has 0 aliphatic rings. The third-order valence-corrected chi connectivity index (χ3v) is 2.85. The zero-order valence-electron chi connectivity index (χ0n) is 8.74. The fourth-order valence-corrected chi connectivity index (χ4v) is 1.75. The van der Waals surface area contributed by atoms with Crippen molar-refractivity contribution < 1.29 is 9.90 Å². The normalized spacial score (nSPS) is 12.5. The molecule has 2 nitrogen and oxygen atoms in total. The molecule has 0 radical (unpaired) electrons. The summed E-state index contributed by atoms with van der Waals surface area (Å²) in [6.45, 7) is 1.59. The second kappa shape index (κ2) is 5.89. The molecule has 82 valence electrons. The molecule has 0 bridgehead atoms. The monoisotopic (exact) mass is 226 g/mol. The van der Waals surface area contributed by atoms with E-state index in [9.17, 15) is 4.79 Å². The number of ketones is 1. The first kappa shape index (κ1) is 12.2. The number of halogens is 1. The minimum Gasteiger partial charge on any atom is -0.396 e. The van der Waals surface area contributed by atoms with E-state index in [0.29, 0.717) is 17.9 Å². The SMILES string of the molecule is CC(=O)C(CCO)Cc1ccccc1Cl. The number of Topliss-reactive ketones (excluding diaryl/α,β-unsaturated/α-hetero) is 1. The molecule has 0 aromatic heterocycles. The lowest BCUT2D eigenvalue weighted by Gasteiger charge is -2.13. The van der Waals surface area contributed by atoms with Gasteiger partial charge in [0, 0.05) is 17.5 Å². The molecule has 0 heterocycles. The van der Waals surface area contributed by atoms with Gasteiger partial charge in [-0.15, -0.1) is 0 Å². The van der Waals surface area contributed by atoms with Gasteiger partial charge < -0.3 is 5.11 Å². The number of hydrogen-bond donors (Lipinski definition) is 1. The number of aliphatic hydroxyl groups is 1. The van der Waals surface area contributed by atoms with Gasteiger partial charge in [-0.1, -0.05) is 29.8 Å². The summed E-state index contributed by atoms with van der Waals surface area (Å²) < 4.78 is 0. The van der Waals surface area contributed by atoms with Gasteiger partial charge in [0.1, 0.15) is 5.78 Å². The topological polar surface area (TPSA) is 37.3 Å². The van der Waals surface area contributed by atoms with E-state index in [2.05, 4.69) is 0 Å². The van der Waals surface area contributed by atoms with Crippen LogP contribution < -0.4 is 0 Å². The van der Waals surface area contributed by atoms with Crippen molar-refractivity contribution in [2.24, 2.45) is 5.92 Å². The smallest absolute Gasteiger partial charge is 0.133 e. The lowest BCUT2D eigenvalue weighted by atomic mass is 9.93. The van der Waals surface area contributed by atoms with Gasteiger partial charge in [-0.05, 0) is 31.4 Å². The first-order valence-electron chi connectivity index (χ1n) is 5.00. The summed E-state index contributed by atoms with van der Waals surface area (Å²) in [6.07, 6.45) is 1.11. The number of rotatable bonds is 5. The van der Waals surface area contributed by atoms with E-state index in [1.54, 1.807) is 6.92 Å². The molecule has 15 heavy (non-hydrogen) atoms. The third-order valence-electron chi connectivity index (χ3n) is 2.48. The van der Waals surface area contributed by atoms with Crippen LogP contribution in [-0.2, 0) is 11.2 Å². The van der Waals surface area contributed by atoms with Gasteiger partial charge in [0.25, 0.3) is 0 Å². The molecule has 1 N–H and O–H groups in total. The van der Waals surface area contributed by atoms with Crippen molar-refractivity contribution in [3.8, 4) is 0 Å². The minimum absolute atomic E-state index is 0.0364. The summed E-state index contributed by atoms with van der Waals surface area (Å²) in [5, 5.41) is 9.53. The second-order valence-electron chi connectivity index (χ2n) is 3.62. The van der Waals surface area contributed by atoms with Gasteiger partial charge in [-0.2, -0.15) is 0 Å². The van der Waals surface area contributed by atoms with E-state index in [1.165, 1.54) is 0 Å². The van der Waals surface area contributed by atoms with Gasteiger partial charge in [-0.3, -0.25) is 4.79 Å². The highest BCUT2D eigenvalue weighted by Gasteiger charge is 2.15. The van der Waals surface area contributed by atoms with Crippen molar-refractivity contribution in [3.05, 3.63) is 34.9 Å². The molecule has 0 aliphatic heterocycles. The Hall–Kier alpha value is -0.860. The maximum Gasteiger partial charge on any atom is 0.133 e. The zero-order valence-corrected chi connectivity index (χ0v) is 9.50. The molecule has 0 fully saturated rings. The minimum atomic E-state index is -0.130. The van der Waals surface area contributed by atoms with Gasteiger partial charge in [0.15, 0.2) is 0 Å². The molecule has 0 saturated heterocycles. The molecule has 0 spiro atoms. The summed E-state index contributed by atoms with van der Waals surface area (Å²) in [5.74, 6) is -0.0288. The molecule has 3 heteroatoms. The Labute approximate surface area is 94.9 Å². The van der Waals surface area contributed by atoms with Crippen LogP contribution in [-0.4, -0.2) is 17.5 Å². The van der Waals surface area contributed by atoms with Crippen molar-refractivity contribution in [1.29, 1.82) is 0 Å². The van der Waals surface area contributed by atoms with Gasteiger partial charge in [0.05, 0.1) is 0 Å². The van der Waals surface area contributed by atoms with Crippen LogP contribution in [0.2, 0.25) is 5.02 Å². The summed E-state index contributed by atoms with van der Waals surface area (Å²) in [6, 6.07) is 7.49. The van der Waals surface area contributed by atoms with Crippen LogP contribution >= 0.6 is 11.6 Å². The molecule has 1 aromatic rings. The van der Waals surface area contributed by atoms with Crippen LogP contribution in [0.25, 0.3) is 0 Å². The summed E-state index contributed by atoms with van der Waals surface area (Å²) in [5.41, 5.74) is 0.966. The fourth-order valence-electron chi connectivity index (χ4n) is 1.53. The first-order valence-corrected chi connectivity index (χ1v) is 5.37. The van der Waals surface area contributed by atoms with Crippen LogP contribution in [0.15, 0.2) is 24.3 Å². The van der Waals surface area contributed by atoms with Crippen molar-refractivity contribution in [2.75, 3.05) is 6.61 Å². The average Bonchev–Trinajstić information content (AvgIpc) is 2.20. The maximum absolute atomic E-state index is 11.3. The average molecular weight is 227 g/mol. The molecule has 1 atom stereocenters. The number of benzene rings is 1. The number of carbonyl (C=O) groups excluding carboxylic acids is 1. The lowest BCUT2D eigenvalue weighted by molar-refractivity contribution is -0.121. The molecule has 0 saturated carbocycles. The molecule has 1 unspecified atom stereocenters. The molecule has 1 rings (SSSR count). The van der Waals surface area contributed by atoms with Crippen molar-refractivity contribution >= 4 is 17.4 Å². The molecule has 0 aliphatic carbocycles. The van der Waals surface area contributed by atoms with Crippen LogP contribution in [0.4, 0.5) is 0 Å². The highest BCUT2D eigenvalue weighted by molar-refractivity contribution is 6.31. The predicted molar refractivity (Wildman–Crippen MR) is 61.0 cm³/mol. The van der Waals surface area contributed by atoms with Crippen molar-refractivity contribution in [3.63, 3.8) is 0 Å². The zero-order chi connectivity index (χ0) is 11.3. The highest BCUT2D eigenvalue weighted by Crippen LogP contribution is 2.20. The molecular weight excluding hydrogens is 212 g/mol. The van der Waals surface area contributed by atoms with Crippen molar-refractivity contribution in [1.82, 2.24) is 0 Å². The van der Waals surface area contributed by atoms with Gasteiger partial charge in [0.2, 0.25) is 0 Å². The summed E-state index contributed by atoms with van der Waals surface area (Å²) >= 11 is 6.00. The first-order chi connectivity index (χ1) is 7.15. The Bertz CT molecular complexity index is 336. The Balaban J connectivity index is 2.74. The standard InChI is InChI=1S/C12H15ClO2/c1-9(15)10(6-7-14)8-11-4-2-3-5-12(11)13/h2-5,10,14H,6-8H2,1H3. The third kappa shape index (κ3) is 3.65. The van der Waals surface area contributed by atoms with E-state index >= 15 is 0 Å². The van der Waals surface area contributed by atoms with Gasteiger partial charge >= 0.3 is 0 Å². The van der Waals surface area contributed by atoms with E-state index in [1.807, 2.05) is 24.3 Å². The molecular formula is C12H15ClO2. The fraction of sp³-hybridized carbons (Fsp3) is 0.417. The van der Waals surface area contributed by atoms with E-state index < -0.39 is 0 Å². The number of hydrogen-bond acceptors (Lipinski definition) is 2. The number of carbonyl (C=O) groups is 1. The van der Waals surface area contributed by atoms with Crippen LogP contribution in [0.1, 0.15) is 18.9 Å². The number of aliphatic hydroxyl groups excluding tert-OH is 1. The van der Waals surface area contributed by atoms with Crippen molar-refractivity contribution in [2.45, 2.75) is 19.8 Å². The Kier molecular flexibility index (Phi) is 4.79. The summed E-state index contributed by atoms with van der Waals surface area (Å²) in [7, 11) is 0. The molecule has 0 amide bonds. The largest absolute Gasteiger partial charge is 0.396 e.